The first-order valence-electron chi connectivity index (χ1n) is 14.4. The highest BCUT2D eigenvalue weighted by atomic mass is 16.3. The summed E-state index contributed by atoms with van der Waals surface area (Å²) in [5, 5.41) is 16.2. The molecule has 3 heterocycles. The molecule has 0 spiro atoms. The van der Waals surface area contributed by atoms with Gasteiger partial charge in [-0.15, -0.1) is 0 Å². The summed E-state index contributed by atoms with van der Waals surface area (Å²) in [7, 11) is 0. The molecule has 224 valence electrons. The fourth-order valence-electron chi connectivity index (χ4n) is 5.18. The van der Waals surface area contributed by atoms with Crippen molar-refractivity contribution in [2.24, 2.45) is 0 Å². The van der Waals surface area contributed by atoms with E-state index in [-0.39, 0.29) is 17.2 Å². The standard InChI is InChI=1S/C35H31N7O3/c1-22(44)39-27-5-2-4-25(19-27)30-13-14-31-35(40-30)42(34(41-31)29-6-3-16-38-33(29)36)28-11-8-24(9-12-28)20-37-17-15-23-7-10-26(21-43)32(45)18-23/h2-14,16,18-19,21,37,45H,15,17,20H2,1H3,(H2,36,38)(H,39,44). The van der Waals surface area contributed by atoms with E-state index >= 15 is 0 Å². The third kappa shape index (κ3) is 6.41. The molecule has 6 rings (SSSR count). The first kappa shape index (κ1) is 29.2. The van der Waals surface area contributed by atoms with Crippen molar-refractivity contribution in [3.8, 4) is 34.1 Å². The molecule has 0 radical (unpaired) electrons. The van der Waals surface area contributed by atoms with Crippen molar-refractivity contribution in [2.75, 3.05) is 17.6 Å². The van der Waals surface area contributed by atoms with Gasteiger partial charge in [0.15, 0.2) is 17.8 Å². The van der Waals surface area contributed by atoms with Gasteiger partial charge in [-0.05, 0) is 84.8 Å². The molecule has 5 N–H and O–H groups in total. The Morgan fingerprint density at radius 2 is 1.78 bits per heavy atom. The minimum atomic E-state index is -0.142. The van der Waals surface area contributed by atoms with Crippen LogP contribution in [-0.2, 0) is 17.8 Å². The summed E-state index contributed by atoms with van der Waals surface area (Å²) < 4.78 is 1.98. The van der Waals surface area contributed by atoms with Gasteiger partial charge in [0, 0.05) is 36.6 Å². The third-order valence-corrected chi connectivity index (χ3v) is 7.40. The van der Waals surface area contributed by atoms with E-state index < -0.39 is 0 Å². The normalized spacial score (nSPS) is 11.0. The van der Waals surface area contributed by atoms with Crippen molar-refractivity contribution in [3.05, 3.63) is 114 Å². The molecule has 0 fully saturated rings. The SMILES string of the molecule is CC(=O)Nc1cccc(-c2ccc3nc(-c4cccnc4N)n(-c4ccc(CNCCc5ccc(C=O)c(O)c5)cc4)c3n2)c1. The lowest BCUT2D eigenvalue weighted by Crippen LogP contribution is -2.16. The number of aromatic nitrogens is 4. The Bertz CT molecular complexity index is 2020. The molecule has 3 aromatic carbocycles. The van der Waals surface area contributed by atoms with Gasteiger partial charge < -0.3 is 21.5 Å². The van der Waals surface area contributed by atoms with Crippen LogP contribution in [-0.4, -0.2) is 43.4 Å². The van der Waals surface area contributed by atoms with E-state index in [0.717, 1.165) is 28.1 Å². The highest BCUT2D eigenvalue weighted by Crippen LogP contribution is 2.32. The van der Waals surface area contributed by atoms with E-state index in [2.05, 4.69) is 27.8 Å². The molecule has 0 aliphatic heterocycles. The molecule has 0 saturated carbocycles. The summed E-state index contributed by atoms with van der Waals surface area (Å²) in [5.74, 6) is 0.850. The summed E-state index contributed by atoms with van der Waals surface area (Å²) in [6, 6.07) is 28.4. The van der Waals surface area contributed by atoms with Crippen molar-refractivity contribution < 1.29 is 14.7 Å². The molecule has 0 aliphatic carbocycles. The number of amides is 1. The van der Waals surface area contributed by atoms with Crippen LogP contribution in [0, 0.1) is 0 Å². The van der Waals surface area contributed by atoms with Crippen LogP contribution >= 0.6 is 0 Å². The Balaban J connectivity index is 1.29. The topological polar surface area (TPSA) is 148 Å². The lowest BCUT2D eigenvalue weighted by Gasteiger charge is -2.12. The number of carbonyl (C=O) groups is 2. The summed E-state index contributed by atoms with van der Waals surface area (Å²) >= 11 is 0. The fraction of sp³-hybridized carbons (Fsp3) is 0.114. The van der Waals surface area contributed by atoms with Crippen molar-refractivity contribution >= 4 is 34.9 Å². The van der Waals surface area contributed by atoms with Gasteiger partial charge in [-0.2, -0.15) is 0 Å². The number of hydrogen-bond donors (Lipinski definition) is 4. The van der Waals surface area contributed by atoms with Gasteiger partial charge in [-0.3, -0.25) is 14.2 Å². The monoisotopic (exact) mass is 597 g/mol. The lowest BCUT2D eigenvalue weighted by atomic mass is 10.1. The number of hydrogen-bond acceptors (Lipinski definition) is 8. The maximum absolute atomic E-state index is 11.6. The van der Waals surface area contributed by atoms with E-state index in [1.54, 1.807) is 18.3 Å². The molecule has 45 heavy (non-hydrogen) atoms. The first-order valence-corrected chi connectivity index (χ1v) is 14.4. The maximum atomic E-state index is 11.6. The Hall–Kier alpha value is -5.87. The average molecular weight is 598 g/mol. The molecular weight excluding hydrogens is 566 g/mol. The molecule has 0 atom stereocenters. The number of phenols is 1. The van der Waals surface area contributed by atoms with Gasteiger partial charge >= 0.3 is 0 Å². The largest absolute Gasteiger partial charge is 0.507 e. The van der Waals surface area contributed by atoms with Crippen LogP contribution in [0.4, 0.5) is 11.5 Å². The number of benzene rings is 3. The number of imidazole rings is 1. The van der Waals surface area contributed by atoms with Crippen LogP contribution < -0.4 is 16.4 Å². The van der Waals surface area contributed by atoms with Crippen molar-refractivity contribution in [2.45, 2.75) is 19.9 Å². The maximum Gasteiger partial charge on any atom is 0.221 e. The van der Waals surface area contributed by atoms with Crippen LogP contribution in [0.1, 0.15) is 28.4 Å². The second-order valence-electron chi connectivity index (χ2n) is 10.6. The average Bonchev–Trinajstić information content (AvgIpc) is 3.42. The van der Waals surface area contributed by atoms with E-state index in [0.29, 0.717) is 59.9 Å². The van der Waals surface area contributed by atoms with Gasteiger partial charge in [-0.1, -0.05) is 30.3 Å². The molecule has 1 amide bonds. The summed E-state index contributed by atoms with van der Waals surface area (Å²) in [6.07, 6.45) is 3.00. The van der Waals surface area contributed by atoms with E-state index in [1.165, 1.54) is 6.92 Å². The number of nitrogens with two attached hydrogens (primary N) is 1. The lowest BCUT2D eigenvalue weighted by molar-refractivity contribution is -0.114. The Morgan fingerprint density at radius 1 is 0.956 bits per heavy atom. The molecular formula is C35H31N7O3. The summed E-state index contributed by atoms with van der Waals surface area (Å²) in [4.78, 5) is 36.8. The highest BCUT2D eigenvalue weighted by Gasteiger charge is 2.19. The zero-order valence-corrected chi connectivity index (χ0v) is 24.6. The number of nitrogens with zero attached hydrogens (tertiary/aromatic N) is 4. The first-order chi connectivity index (χ1) is 21.9. The van der Waals surface area contributed by atoms with E-state index in [1.807, 2.05) is 71.3 Å². The second-order valence-corrected chi connectivity index (χ2v) is 10.6. The highest BCUT2D eigenvalue weighted by molar-refractivity contribution is 5.90. The molecule has 0 saturated heterocycles. The van der Waals surface area contributed by atoms with Gasteiger partial charge in [-0.25, -0.2) is 15.0 Å². The van der Waals surface area contributed by atoms with Crippen molar-refractivity contribution in [1.82, 2.24) is 24.8 Å². The molecule has 6 aromatic rings. The van der Waals surface area contributed by atoms with Crippen LogP contribution in [0.3, 0.4) is 0 Å². The Morgan fingerprint density at radius 3 is 2.53 bits per heavy atom. The number of carbonyl (C=O) groups excluding carboxylic acids is 2. The number of fused-ring (bicyclic) bond motifs is 1. The zero-order valence-electron chi connectivity index (χ0n) is 24.6. The van der Waals surface area contributed by atoms with Crippen LogP contribution in [0.25, 0.3) is 39.5 Å². The molecule has 0 bridgehead atoms. The summed E-state index contributed by atoms with van der Waals surface area (Å²) in [6.45, 7) is 2.83. The van der Waals surface area contributed by atoms with Gasteiger partial charge in [0.05, 0.1) is 16.8 Å². The van der Waals surface area contributed by atoms with E-state index in [4.69, 9.17) is 15.7 Å². The quantitative estimate of drug-likeness (QED) is 0.119. The van der Waals surface area contributed by atoms with Crippen molar-refractivity contribution in [3.63, 3.8) is 0 Å². The minimum Gasteiger partial charge on any atom is -0.507 e. The molecule has 10 nitrogen and oxygen atoms in total. The van der Waals surface area contributed by atoms with Crippen LogP contribution in [0.15, 0.2) is 97.2 Å². The zero-order chi connectivity index (χ0) is 31.3. The molecule has 0 unspecified atom stereocenters. The number of nitrogen functional groups attached to an aromatic ring is 1. The second kappa shape index (κ2) is 12.8. The fourth-order valence-corrected chi connectivity index (χ4v) is 5.18. The molecule has 3 aromatic heterocycles. The predicted octanol–water partition coefficient (Wildman–Crippen LogP) is 5.54. The number of phenolic OH excluding ortho intramolecular Hbond substituents is 1. The predicted molar refractivity (Wildman–Crippen MR) is 175 cm³/mol. The molecule has 0 aliphatic rings. The third-order valence-electron chi connectivity index (χ3n) is 7.40. The Kier molecular flexibility index (Phi) is 8.30. The Labute approximate surface area is 259 Å². The number of pyridine rings is 2. The van der Waals surface area contributed by atoms with Crippen molar-refractivity contribution in [1.29, 1.82) is 0 Å². The van der Waals surface area contributed by atoms with Gasteiger partial charge in [0.2, 0.25) is 5.91 Å². The number of nitrogens with one attached hydrogen (secondary N) is 2. The smallest absolute Gasteiger partial charge is 0.221 e. The minimum absolute atomic E-state index is 0.00218. The van der Waals surface area contributed by atoms with E-state index in [9.17, 15) is 14.7 Å². The van der Waals surface area contributed by atoms with Gasteiger partial charge in [0.25, 0.3) is 0 Å². The van der Waals surface area contributed by atoms with Gasteiger partial charge in [0.1, 0.15) is 17.1 Å². The van der Waals surface area contributed by atoms with Crippen LogP contribution in [0.2, 0.25) is 0 Å². The molecule has 10 heteroatoms. The number of rotatable bonds is 10. The number of aromatic hydroxyl groups is 1. The number of anilines is 2. The summed E-state index contributed by atoms with van der Waals surface area (Å²) in [5.41, 5.74) is 13.8. The number of aldehydes is 1. The van der Waals surface area contributed by atoms with Crippen LogP contribution in [0.5, 0.6) is 5.75 Å².